The van der Waals surface area contributed by atoms with E-state index in [1.165, 1.54) is 6.07 Å². The molecule has 0 aliphatic heterocycles. The first-order valence-corrected chi connectivity index (χ1v) is 6.87. The lowest BCUT2D eigenvalue weighted by atomic mass is 10.0. The van der Waals surface area contributed by atoms with Gasteiger partial charge in [-0.25, -0.2) is 4.39 Å². The summed E-state index contributed by atoms with van der Waals surface area (Å²) in [6.45, 7) is 0. The van der Waals surface area contributed by atoms with Gasteiger partial charge in [0.2, 0.25) is 0 Å². The average Bonchev–Trinajstić information content (AvgIpc) is 2.34. The number of aromatic nitrogens is 1. The molecule has 1 heterocycles. The van der Waals surface area contributed by atoms with Gasteiger partial charge in [0.15, 0.2) is 0 Å². The maximum atomic E-state index is 13.6. The topological polar surface area (TPSA) is 33.1 Å². The first-order chi connectivity index (χ1) is 8.56. The maximum Gasteiger partial charge on any atom is 0.126 e. The van der Waals surface area contributed by atoms with Crippen LogP contribution in [-0.2, 0) is 6.42 Å². The van der Waals surface area contributed by atoms with Gasteiger partial charge in [0.05, 0.1) is 6.10 Å². The number of halogens is 3. The van der Waals surface area contributed by atoms with E-state index in [0.717, 1.165) is 8.95 Å². The van der Waals surface area contributed by atoms with Gasteiger partial charge in [0, 0.05) is 33.3 Å². The summed E-state index contributed by atoms with van der Waals surface area (Å²) in [6.07, 6.45) is 2.64. The highest BCUT2D eigenvalue weighted by Crippen LogP contribution is 2.23. The second kappa shape index (κ2) is 5.91. The van der Waals surface area contributed by atoms with Crippen LogP contribution in [0, 0.1) is 5.82 Å². The minimum Gasteiger partial charge on any atom is -0.388 e. The molecule has 0 radical (unpaired) electrons. The zero-order valence-electron chi connectivity index (χ0n) is 9.28. The molecule has 1 aromatic carbocycles. The van der Waals surface area contributed by atoms with Gasteiger partial charge in [-0.15, -0.1) is 0 Å². The molecule has 5 heteroatoms. The quantitative estimate of drug-likeness (QED) is 0.880. The van der Waals surface area contributed by atoms with Crippen LogP contribution in [0.3, 0.4) is 0 Å². The van der Waals surface area contributed by atoms with Crippen molar-refractivity contribution in [1.29, 1.82) is 0 Å². The van der Waals surface area contributed by atoms with Crippen molar-refractivity contribution in [3.8, 4) is 0 Å². The zero-order valence-corrected chi connectivity index (χ0v) is 12.4. The molecule has 1 atom stereocenters. The molecule has 0 amide bonds. The Bertz CT molecular complexity index is 562. The number of aliphatic hydroxyl groups excluding tert-OH is 1. The summed E-state index contributed by atoms with van der Waals surface area (Å²) in [5, 5.41) is 10.1. The zero-order chi connectivity index (χ0) is 13.1. The fourth-order valence-electron chi connectivity index (χ4n) is 1.64. The van der Waals surface area contributed by atoms with Crippen LogP contribution in [0.4, 0.5) is 4.39 Å². The van der Waals surface area contributed by atoms with Gasteiger partial charge in [0.1, 0.15) is 5.82 Å². The molecule has 2 aromatic rings. The lowest BCUT2D eigenvalue weighted by Crippen LogP contribution is -2.04. The normalized spacial score (nSPS) is 12.4. The Morgan fingerprint density at radius 1 is 1.17 bits per heavy atom. The van der Waals surface area contributed by atoms with E-state index in [1.807, 2.05) is 0 Å². The molecule has 94 valence electrons. The largest absolute Gasteiger partial charge is 0.388 e. The second-order valence-electron chi connectivity index (χ2n) is 3.89. The standard InChI is InChI=1S/C13H10Br2FNO/c14-10-1-2-12(16)8(3-10)5-13(18)9-4-11(15)7-17-6-9/h1-4,6-7,13,18H,5H2. The minimum atomic E-state index is -0.779. The summed E-state index contributed by atoms with van der Waals surface area (Å²) in [6, 6.07) is 6.45. The Morgan fingerprint density at radius 3 is 2.67 bits per heavy atom. The van der Waals surface area contributed by atoms with Crippen molar-refractivity contribution in [1.82, 2.24) is 4.98 Å². The summed E-state index contributed by atoms with van der Waals surface area (Å²) < 4.78 is 15.1. The molecule has 2 nitrogen and oxygen atoms in total. The van der Waals surface area contributed by atoms with E-state index in [4.69, 9.17) is 0 Å². The first kappa shape index (κ1) is 13.6. The predicted molar refractivity (Wildman–Crippen MR) is 74.7 cm³/mol. The van der Waals surface area contributed by atoms with E-state index in [-0.39, 0.29) is 12.2 Å². The van der Waals surface area contributed by atoms with Crippen LogP contribution in [0.25, 0.3) is 0 Å². The Hall–Kier alpha value is -0.780. The third kappa shape index (κ3) is 3.37. The van der Waals surface area contributed by atoms with E-state index in [0.29, 0.717) is 11.1 Å². The van der Waals surface area contributed by atoms with E-state index < -0.39 is 6.10 Å². The molecule has 0 aliphatic rings. The molecular formula is C13H10Br2FNO. The number of pyridine rings is 1. The van der Waals surface area contributed by atoms with Gasteiger partial charge in [0.25, 0.3) is 0 Å². The lowest BCUT2D eigenvalue weighted by molar-refractivity contribution is 0.176. The van der Waals surface area contributed by atoms with Crippen molar-refractivity contribution in [2.45, 2.75) is 12.5 Å². The van der Waals surface area contributed by atoms with Crippen LogP contribution < -0.4 is 0 Å². The Morgan fingerprint density at radius 2 is 1.94 bits per heavy atom. The SMILES string of the molecule is OC(Cc1cc(Br)ccc1F)c1cncc(Br)c1. The van der Waals surface area contributed by atoms with Crippen LogP contribution in [0.1, 0.15) is 17.2 Å². The summed E-state index contributed by atoms with van der Waals surface area (Å²) in [5.74, 6) is -0.319. The van der Waals surface area contributed by atoms with Gasteiger partial charge in [-0.2, -0.15) is 0 Å². The van der Waals surface area contributed by atoms with Crippen LogP contribution in [0.2, 0.25) is 0 Å². The molecule has 1 unspecified atom stereocenters. The fraction of sp³-hybridized carbons (Fsp3) is 0.154. The van der Waals surface area contributed by atoms with Gasteiger partial charge < -0.3 is 5.11 Å². The molecule has 0 spiro atoms. The third-order valence-electron chi connectivity index (χ3n) is 2.53. The number of nitrogens with zero attached hydrogens (tertiary/aromatic N) is 1. The van der Waals surface area contributed by atoms with Gasteiger partial charge in [-0.05, 0) is 45.8 Å². The fourth-order valence-corrected chi connectivity index (χ4v) is 2.43. The van der Waals surface area contributed by atoms with E-state index >= 15 is 0 Å². The van der Waals surface area contributed by atoms with E-state index in [9.17, 15) is 9.50 Å². The molecule has 0 saturated heterocycles. The lowest BCUT2D eigenvalue weighted by Gasteiger charge is -2.12. The summed E-state index contributed by atoms with van der Waals surface area (Å²) in [7, 11) is 0. The van der Waals surface area contributed by atoms with Crippen LogP contribution >= 0.6 is 31.9 Å². The highest BCUT2D eigenvalue weighted by molar-refractivity contribution is 9.10. The number of hydrogen-bond acceptors (Lipinski definition) is 2. The molecule has 0 aliphatic carbocycles. The summed E-state index contributed by atoms with van der Waals surface area (Å²) >= 11 is 6.57. The van der Waals surface area contributed by atoms with E-state index in [2.05, 4.69) is 36.8 Å². The van der Waals surface area contributed by atoms with Gasteiger partial charge in [-0.3, -0.25) is 4.98 Å². The molecule has 1 N–H and O–H groups in total. The molecular weight excluding hydrogens is 365 g/mol. The first-order valence-electron chi connectivity index (χ1n) is 5.28. The highest BCUT2D eigenvalue weighted by Gasteiger charge is 2.12. The molecule has 18 heavy (non-hydrogen) atoms. The Balaban J connectivity index is 2.21. The van der Waals surface area contributed by atoms with Crippen molar-refractivity contribution < 1.29 is 9.50 Å². The van der Waals surface area contributed by atoms with Crippen LogP contribution in [0.5, 0.6) is 0 Å². The number of aliphatic hydroxyl groups is 1. The van der Waals surface area contributed by atoms with Crippen molar-refractivity contribution in [3.63, 3.8) is 0 Å². The van der Waals surface area contributed by atoms with Crippen molar-refractivity contribution in [2.24, 2.45) is 0 Å². The predicted octanol–water partition coefficient (Wildman–Crippen LogP) is 4.02. The number of rotatable bonds is 3. The molecule has 0 saturated carbocycles. The average molecular weight is 375 g/mol. The maximum absolute atomic E-state index is 13.6. The Kier molecular flexibility index (Phi) is 4.48. The molecule has 2 rings (SSSR count). The summed E-state index contributed by atoms with van der Waals surface area (Å²) in [4.78, 5) is 3.98. The van der Waals surface area contributed by atoms with Crippen molar-refractivity contribution in [2.75, 3.05) is 0 Å². The second-order valence-corrected chi connectivity index (χ2v) is 5.72. The van der Waals surface area contributed by atoms with Gasteiger partial charge >= 0.3 is 0 Å². The molecule has 1 aromatic heterocycles. The third-order valence-corrected chi connectivity index (χ3v) is 3.46. The monoisotopic (exact) mass is 373 g/mol. The van der Waals surface area contributed by atoms with E-state index in [1.54, 1.807) is 30.6 Å². The smallest absolute Gasteiger partial charge is 0.126 e. The summed E-state index contributed by atoms with van der Waals surface area (Å²) in [5.41, 5.74) is 1.13. The Labute approximate surface area is 121 Å². The van der Waals surface area contributed by atoms with Crippen molar-refractivity contribution in [3.05, 3.63) is 62.5 Å². The molecule has 0 fully saturated rings. The van der Waals surface area contributed by atoms with Crippen LogP contribution in [-0.4, -0.2) is 10.1 Å². The van der Waals surface area contributed by atoms with Crippen LogP contribution in [0.15, 0.2) is 45.6 Å². The van der Waals surface area contributed by atoms with Crippen molar-refractivity contribution >= 4 is 31.9 Å². The van der Waals surface area contributed by atoms with Gasteiger partial charge in [-0.1, -0.05) is 15.9 Å². The molecule has 0 bridgehead atoms. The number of benzene rings is 1. The number of hydrogen-bond donors (Lipinski definition) is 1. The highest BCUT2D eigenvalue weighted by atomic mass is 79.9. The minimum absolute atomic E-state index is 0.212.